The van der Waals surface area contributed by atoms with Gasteiger partial charge in [-0.2, -0.15) is 0 Å². The maximum atomic E-state index is 12.6. The second-order valence-electron chi connectivity index (χ2n) is 3.92. The van der Waals surface area contributed by atoms with E-state index in [1.807, 2.05) is 33.1 Å². The highest BCUT2D eigenvalue weighted by Gasteiger charge is 2.32. The van der Waals surface area contributed by atoms with Crippen LogP contribution in [0.5, 0.6) is 0 Å². The molecule has 92 valence electrons. The Morgan fingerprint density at radius 3 is 2.06 bits per heavy atom. The van der Waals surface area contributed by atoms with E-state index in [0.29, 0.717) is 9.51 Å². The monoisotopic (exact) mass is 280 g/mol. The number of rotatable bonds is 5. The van der Waals surface area contributed by atoms with Gasteiger partial charge in [0, 0.05) is 0 Å². The van der Waals surface area contributed by atoms with Gasteiger partial charge in [-0.05, 0) is 39.1 Å². The molecule has 0 spiro atoms. The molecule has 0 saturated carbocycles. The lowest BCUT2D eigenvalue weighted by Crippen LogP contribution is -2.16. The number of hydrogen-bond acceptors (Lipinski definition) is 5. The lowest BCUT2D eigenvalue weighted by atomic mass is 10.5. The molecule has 0 bridgehead atoms. The van der Waals surface area contributed by atoms with Crippen LogP contribution < -0.4 is 5.30 Å². The highest BCUT2D eigenvalue weighted by molar-refractivity contribution is 7.84. The molecule has 0 amide bonds. The van der Waals surface area contributed by atoms with E-state index in [2.05, 4.69) is 12.6 Å². The minimum atomic E-state index is -3.24. The summed E-state index contributed by atoms with van der Waals surface area (Å²) >= 11 is 5.69. The Bertz CT molecular complexity index is 373. The fraction of sp³-hybridized carbons (Fsp3) is 0.600. The van der Waals surface area contributed by atoms with Gasteiger partial charge >= 0.3 is 7.60 Å². The first-order chi connectivity index (χ1) is 7.35. The topological polar surface area (TPSA) is 35.5 Å². The van der Waals surface area contributed by atoms with Crippen LogP contribution in [0.15, 0.2) is 15.7 Å². The second kappa shape index (κ2) is 5.69. The minimum Gasteiger partial charge on any atom is -0.302 e. The molecule has 0 fully saturated rings. The molecule has 16 heavy (non-hydrogen) atoms. The first-order valence-electron chi connectivity index (χ1n) is 5.09. The van der Waals surface area contributed by atoms with Crippen molar-refractivity contribution in [2.45, 2.75) is 44.1 Å². The number of hydrogen-bond donors (Lipinski definition) is 1. The summed E-state index contributed by atoms with van der Waals surface area (Å²) in [5.74, 6) is 0. The van der Waals surface area contributed by atoms with Crippen molar-refractivity contribution >= 4 is 36.9 Å². The van der Waals surface area contributed by atoms with E-state index in [1.165, 1.54) is 11.3 Å². The van der Waals surface area contributed by atoms with Crippen molar-refractivity contribution in [3.05, 3.63) is 11.4 Å². The predicted molar refractivity (Wildman–Crippen MR) is 71.3 cm³/mol. The number of thiol groups is 1. The van der Waals surface area contributed by atoms with Gasteiger partial charge in [-0.3, -0.25) is 4.57 Å². The summed E-state index contributed by atoms with van der Waals surface area (Å²) in [5.41, 5.74) is 0. The molecule has 0 unspecified atom stereocenters. The van der Waals surface area contributed by atoms with Crippen LogP contribution in [0.2, 0.25) is 0 Å². The Kier molecular flexibility index (Phi) is 5.08. The third-order valence-electron chi connectivity index (χ3n) is 1.62. The second-order valence-corrected chi connectivity index (χ2v) is 7.48. The SMILES string of the molecule is CC(C)OP(=O)(OC(C)C)c1ccsc1S. The Hall–Kier alpha value is 0.200. The summed E-state index contributed by atoms with van der Waals surface area (Å²) in [5, 5.41) is 2.39. The normalized spacial score (nSPS) is 12.7. The summed E-state index contributed by atoms with van der Waals surface area (Å²) in [7, 11) is -3.24. The van der Waals surface area contributed by atoms with Crippen LogP contribution in [0.4, 0.5) is 0 Å². The summed E-state index contributed by atoms with van der Waals surface area (Å²) in [6, 6.07) is 1.75. The smallest absolute Gasteiger partial charge is 0.302 e. The van der Waals surface area contributed by atoms with E-state index in [-0.39, 0.29) is 12.2 Å². The van der Waals surface area contributed by atoms with Crippen LogP contribution in [0.3, 0.4) is 0 Å². The number of thiophene rings is 1. The molecule has 0 radical (unpaired) electrons. The molecule has 0 saturated heterocycles. The van der Waals surface area contributed by atoms with Gasteiger partial charge in [0.05, 0.1) is 21.7 Å². The summed E-state index contributed by atoms with van der Waals surface area (Å²) in [6.45, 7) is 7.34. The van der Waals surface area contributed by atoms with Crippen LogP contribution in [0.1, 0.15) is 27.7 Å². The van der Waals surface area contributed by atoms with Crippen LogP contribution in [0, 0.1) is 0 Å². The molecule has 6 heteroatoms. The average molecular weight is 280 g/mol. The quantitative estimate of drug-likeness (QED) is 0.660. The summed E-state index contributed by atoms with van der Waals surface area (Å²) in [6.07, 6.45) is -0.311. The Balaban J connectivity index is 3.05. The van der Waals surface area contributed by atoms with Crippen molar-refractivity contribution < 1.29 is 13.6 Å². The van der Waals surface area contributed by atoms with Crippen molar-refractivity contribution in [3.8, 4) is 0 Å². The molecule has 0 aliphatic rings. The molecular weight excluding hydrogens is 263 g/mol. The van der Waals surface area contributed by atoms with Gasteiger partial charge < -0.3 is 9.05 Å². The van der Waals surface area contributed by atoms with Crippen LogP contribution in [0.25, 0.3) is 0 Å². The Morgan fingerprint density at radius 1 is 1.25 bits per heavy atom. The standard InChI is InChI=1S/C10H17O3PS2/c1-7(2)12-14(11,13-8(3)4)9-5-6-16-10(9)15/h5-8,15H,1-4H3. The first-order valence-corrected chi connectivity index (χ1v) is 7.96. The van der Waals surface area contributed by atoms with Crippen LogP contribution in [-0.4, -0.2) is 12.2 Å². The third-order valence-corrected chi connectivity index (χ3v) is 5.58. The zero-order valence-corrected chi connectivity index (χ0v) is 12.4. The fourth-order valence-electron chi connectivity index (χ4n) is 1.20. The van der Waals surface area contributed by atoms with Gasteiger partial charge in [0.25, 0.3) is 0 Å². The van der Waals surface area contributed by atoms with E-state index < -0.39 is 7.60 Å². The highest BCUT2D eigenvalue weighted by atomic mass is 32.2. The van der Waals surface area contributed by atoms with E-state index in [0.717, 1.165) is 0 Å². The molecule has 1 aromatic heterocycles. The van der Waals surface area contributed by atoms with Gasteiger partial charge in [-0.25, -0.2) is 0 Å². The zero-order valence-electron chi connectivity index (χ0n) is 9.84. The van der Waals surface area contributed by atoms with Crippen LogP contribution >= 0.6 is 31.6 Å². The van der Waals surface area contributed by atoms with E-state index in [4.69, 9.17) is 9.05 Å². The van der Waals surface area contributed by atoms with E-state index in [9.17, 15) is 4.57 Å². The molecule has 0 atom stereocenters. The van der Waals surface area contributed by atoms with Crippen molar-refractivity contribution in [2.24, 2.45) is 0 Å². The maximum Gasteiger partial charge on any atom is 0.363 e. The highest BCUT2D eigenvalue weighted by Crippen LogP contribution is 2.51. The predicted octanol–water partition coefficient (Wildman–Crippen LogP) is 3.71. The molecule has 1 rings (SSSR count). The van der Waals surface area contributed by atoms with Crippen molar-refractivity contribution in [1.29, 1.82) is 0 Å². The maximum absolute atomic E-state index is 12.6. The zero-order chi connectivity index (χ0) is 12.3. The molecule has 1 heterocycles. The van der Waals surface area contributed by atoms with E-state index in [1.54, 1.807) is 6.07 Å². The molecule has 0 aromatic carbocycles. The molecule has 1 aromatic rings. The minimum absolute atomic E-state index is 0.155. The molecule has 3 nitrogen and oxygen atoms in total. The van der Waals surface area contributed by atoms with Crippen molar-refractivity contribution in [3.63, 3.8) is 0 Å². The average Bonchev–Trinajstić information content (AvgIpc) is 2.48. The Morgan fingerprint density at radius 2 is 1.75 bits per heavy atom. The summed E-state index contributed by atoms with van der Waals surface area (Å²) in [4.78, 5) is 0. The van der Waals surface area contributed by atoms with Gasteiger partial charge in [0.2, 0.25) is 0 Å². The van der Waals surface area contributed by atoms with Crippen molar-refractivity contribution in [2.75, 3.05) is 0 Å². The Labute approximate surface area is 106 Å². The lowest BCUT2D eigenvalue weighted by Gasteiger charge is -2.22. The lowest BCUT2D eigenvalue weighted by molar-refractivity contribution is 0.150. The van der Waals surface area contributed by atoms with Gasteiger partial charge in [-0.15, -0.1) is 24.0 Å². The van der Waals surface area contributed by atoms with Gasteiger partial charge in [0.15, 0.2) is 0 Å². The molecule has 0 aliphatic heterocycles. The van der Waals surface area contributed by atoms with Crippen LogP contribution in [-0.2, 0) is 13.6 Å². The molecule has 0 aliphatic carbocycles. The first kappa shape index (κ1) is 14.3. The molecule has 0 N–H and O–H groups in total. The fourth-order valence-corrected chi connectivity index (χ4v) is 4.82. The van der Waals surface area contributed by atoms with Gasteiger partial charge in [0.1, 0.15) is 0 Å². The molecular formula is C10H17O3PS2. The van der Waals surface area contributed by atoms with E-state index >= 15 is 0 Å². The van der Waals surface area contributed by atoms with Gasteiger partial charge in [-0.1, -0.05) is 0 Å². The third kappa shape index (κ3) is 3.60. The summed E-state index contributed by atoms with van der Waals surface area (Å²) < 4.78 is 24.2. The van der Waals surface area contributed by atoms with Crippen molar-refractivity contribution in [1.82, 2.24) is 0 Å². The largest absolute Gasteiger partial charge is 0.363 e.